The topological polar surface area (TPSA) is 137 Å². The quantitative estimate of drug-likeness (QED) is 0.239. The summed E-state index contributed by atoms with van der Waals surface area (Å²) in [4.78, 5) is 33.1. The Hall–Kier alpha value is -3.73. The summed E-state index contributed by atoms with van der Waals surface area (Å²) < 4.78 is 16.2. The van der Waals surface area contributed by atoms with Gasteiger partial charge in [0.25, 0.3) is 5.69 Å². The summed E-state index contributed by atoms with van der Waals surface area (Å²) in [7, 11) is 1.52. The standard InChI is InChI=1S/C17H16N4O7/c1-26-6-7-27-15-8-11(21(24)25)2-4-13(15)14-5-3-12(28-14)9-18-20-10-16(22)19-17(20)23/h2-5,8-9H,6-7,10H2,1H3,(H,19,22,23). The van der Waals surface area contributed by atoms with E-state index in [0.717, 1.165) is 5.01 Å². The molecular formula is C17H16N4O7. The fourth-order valence-corrected chi connectivity index (χ4v) is 2.40. The number of nitro benzene ring substituents is 1. The first-order valence-electron chi connectivity index (χ1n) is 8.13. The van der Waals surface area contributed by atoms with Crippen molar-refractivity contribution in [3.05, 3.63) is 46.2 Å². The molecule has 1 aliphatic heterocycles. The van der Waals surface area contributed by atoms with Gasteiger partial charge in [-0.05, 0) is 18.2 Å². The molecule has 2 aromatic rings. The molecule has 0 spiro atoms. The number of non-ortho nitro benzene ring substituents is 1. The van der Waals surface area contributed by atoms with E-state index in [2.05, 4.69) is 10.4 Å². The van der Waals surface area contributed by atoms with Crippen molar-refractivity contribution in [2.75, 3.05) is 26.9 Å². The van der Waals surface area contributed by atoms with E-state index in [-0.39, 0.29) is 24.6 Å². The number of hydrogen-bond donors (Lipinski definition) is 1. The highest BCUT2D eigenvalue weighted by molar-refractivity contribution is 6.02. The first-order chi connectivity index (χ1) is 13.5. The van der Waals surface area contributed by atoms with Gasteiger partial charge in [-0.25, -0.2) is 9.80 Å². The second-order valence-electron chi connectivity index (χ2n) is 5.64. The van der Waals surface area contributed by atoms with E-state index < -0.39 is 16.9 Å². The Kier molecular flexibility index (Phi) is 5.65. The van der Waals surface area contributed by atoms with Crippen LogP contribution < -0.4 is 10.1 Å². The third-order valence-corrected chi connectivity index (χ3v) is 3.71. The van der Waals surface area contributed by atoms with E-state index in [9.17, 15) is 19.7 Å². The monoisotopic (exact) mass is 388 g/mol. The molecule has 0 radical (unpaired) electrons. The predicted octanol–water partition coefficient (Wildman–Crippen LogP) is 1.77. The molecule has 1 aliphatic rings. The molecule has 1 saturated heterocycles. The van der Waals surface area contributed by atoms with Crippen LogP contribution in [0.1, 0.15) is 5.76 Å². The van der Waals surface area contributed by atoms with Gasteiger partial charge in [0, 0.05) is 13.2 Å². The summed E-state index contributed by atoms with van der Waals surface area (Å²) >= 11 is 0. The highest BCUT2D eigenvalue weighted by Crippen LogP contribution is 2.34. The van der Waals surface area contributed by atoms with Crippen LogP contribution in [0.2, 0.25) is 0 Å². The smallest absolute Gasteiger partial charge is 0.344 e. The second-order valence-corrected chi connectivity index (χ2v) is 5.64. The highest BCUT2D eigenvalue weighted by Gasteiger charge is 2.26. The summed E-state index contributed by atoms with van der Waals surface area (Å²) in [6.45, 7) is 0.356. The number of nitrogens with zero attached hydrogens (tertiary/aromatic N) is 3. The fourth-order valence-electron chi connectivity index (χ4n) is 2.40. The van der Waals surface area contributed by atoms with Gasteiger partial charge in [-0.1, -0.05) is 0 Å². The molecule has 0 bridgehead atoms. The number of rotatable bonds is 8. The van der Waals surface area contributed by atoms with Crippen LogP contribution in [0, 0.1) is 10.1 Å². The van der Waals surface area contributed by atoms with Gasteiger partial charge in [0.05, 0.1) is 29.4 Å². The molecule has 11 nitrogen and oxygen atoms in total. The van der Waals surface area contributed by atoms with Crippen LogP contribution in [-0.2, 0) is 9.53 Å². The Balaban J connectivity index is 1.82. The maximum absolute atomic E-state index is 11.5. The molecule has 1 N–H and O–H groups in total. The molecule has 0 atom stereocenters. The molecule has 1 aromatic carbocycles. The number of imide groups is 1. The van der Waals surface area contributed by atoms with Crippen LogP contribution in [0.5, 0.6) is 5.75 Å². The van der Waals surface area contributed by atoms with Crippen molar-refractivity contribution in [3.63, 3.8) is 0 Å². The lowest BCUT2D eigenvalue weighted by atomic mass is 10.1. The lowest BCUT2D eigenvalue weighted by Crippen LogP contribution is -2.24. The Labute approximate surface area is 158 Å². The van der Waals surface area contributed by atoms with Gasteiger partial charge in [-0.2, -0.15) is 5.10 Å². The number of carbonyl (C=O) groups excluding carboxylic acids is 2. The third-order valence-electron chi connectivity index (χ3n) is 3.71. The number of benzene rings is 1. The minimum atomic E-state index is -0.614. The molecule has 146 valence electrons. The molecule has 3 rings (SSSR count). The first-order valence-corrected chi connectivity index (χ1v) is 8.13. The zero-order valence-electron chi connectivity index (χ0n) is 14.8. The largest absolute Gasteiger partial charge is 0.490 e. The van der Waals surface area contributed by atoms with Crippen molar-refractivity contribution in [1.29, 1.82) is 0 Å². The van der Waals surface area contributed by atoms with Crippen LogP contribution in [0.3, 0.4) is 0 Å². The number of amides is 3. The number of carbonyl (C=O) groups is 2. The molecule has 28 heavy (non-hydrogen) atoms. The number of urea groups is 1. The Bertz CT molecular complexity index is 937. The Morgan fingerprint density at radius 1 is 1.32 bits per heavy atom. The molecule has 11 heteroatoms. The maximum atomic E-state index is 11.5. The van der Waals surface area contributed by atoms with Gasteiger partial charge in [0.15, 0.2) is 0 Å². The van der Waals surface area contributed by atoms with Crippen LogP contribution in [0.25, 0.3) is 11.3 Å². The van der Waals surface area contributed by atoms with Crippen molar-refractivity contribution in [2.24, 2.45) is 5.10 Å². The normalized spacial score (nSPS) is 14.0. The summed E-state index contributed by atoms with van der Waals surface area (Å²) in [5.74, 6) is 0.550. The van der Waals surface area contributed by atoms with E-state index in [1.807, 2.05) is 0 Å². The van der Waals surface area contributed by atoms with Crippen molar-refractivity contribution < 1.29 is 28.4 Å². The van der Waals surface area contributed by atoms with E-state index in [4.69, 9.17) is 13.9 Å². The van der Waals surface area contributed by atoms with Crippen LogP contribution >= 0.6 is 0 Å². The Morgan fingerprint density at radius 2 is 2.14 bits per heavy atom. The van der Waals surface area contributed by atoms with E-state index in [1.54, 1.807) is 12.1 Å². The summed E-state index contributed by atoms with van der Waals surface area (Å²) in [5.41, 5.74) is 0.393. The molecule has 0 aliphatic carbocycles. The number of furan rings is 1. The molecular weight excluding hydrogens is 372 g/mol. The highest BCUT2D eigenvalue weighted by atomic mass is 16.6. The lowest BCUT2D eigenvalue weighted by Gasteiger charge is -2.09. The second kappa shape index (κ2) is 8.31. The SMILES string of the molecule is COCCOc1cc([N+](=O)[O-])ccc1-c1ccc(C=NN2CC(=O)NC2=O)o1. The van der Waals surface area contributed by atoms with Crippen molar-refractivity contribution in [1.82, 2.24) is 10.3 Å². The number of methoxy groups -OCH3 is 1. The molecule has 0 saturated carbocycles. The maximum Gasteiger partial charge on any atom is 0.344 e. The molecule has 1 aromatic heterocycles. The van der Waals surface area contributed by atoms with Gasteiger partial charge in [0.2, 0.25) is 5.91 Å². The Morgan fingerprint density at radius 3 is 2.82 bits per heavy atom. The van der Waals surface area contributed by atoms with E-state index >= 15 is 0 Å². The number of nitro groups is 1. The van der Waals surface area contributed by atoms with E-state index in [0.29, 0.717) is 23.7 Å². The summed E-state index contributed by atoms with van der Waals surface area (Å²) in [5, 5.41) is 18.0. The predicted molar refractivity (Wildman–Crippen MR) is 96.0 cm³/mol. The van der Waals surface area contributed by atoms with Crippen molar-refractivity contribution >= 4 is 23.8 Å². The third kappa shape index (κ3) is 4.32. The molecule has 0 unspecified atom stereocenters. The number of ether oxygens (including phenoxy) is 2. The zero-order chi connectivity index (χ0) is 20.1. The molecule has 2 heterocycles. The van der Waals surface area contributed by atoms with Gasteiger partial charge in [-0.3, -0.25) is 20.2 Å². The number of hydrogen-bond acceptors (Lipinski definition) is 8. The summed E-state index contributed by atoms with van der Waals surface area (Å²) in [6, 6.07) is 6.80. The lowest BCUT2D eigenvalue weighted by molar-refractivity contribution is -0.384. The van der Waals surface area contributed by atoms with E-state index in [1.165, 1.54) is 31.5 Å². The summed E-state index contributed by atoms with van der Waals surface area (Å²) in [6.07, 6.45) is 1.29. The number of nitrogens with one attached hydrogen (secondary N) is 1. The molecule has 1 fully saturated rings. The first kappa shape index (κ1) is 19.0. The number of hydrazone groups is 1. The zero-order valence-corrected chi connectivity index (χ0v) is 14.8. The minimum Gasteiger partial charge on any atom is -0.490 e. The van der Waals surface area contributed by atoms with Crippen LogP contribution in [-0.4, -0.2) is 55.0 Å². The minimum absolute atomic E-state index is 0.116. The fraction of sp³-hybridized carbons (Fsp3) is 0.235. The van der Waals surface area contributed by atoms with Gasteiger partial charge < -0.3 is 13.9 Å². The average molecular weight is 388 g/mol. The van der Waals surface area contributed by atoms with Crippen LogP contribution in [0.15, 0.2) is 39.9 Å². The van der Waals surface area contributed by atoms with Gasteiger partial charge in [0.1, 0.15) is 30.4 Å². The average Bonchev–Trinajstić information content (AvgIpc) is 3.26. The van der Waals surface area contributed by atoms with Gasteiger partial charge in [-0.15, -0.1) is 0 Å². The van der Waals surface area contributed by atoms with Crippen molar-refractivity contribution in [2.45, 2.75) is 0 Å². The van der Waals surface area contributed by atoms with Crippen molar-refractivity contribution in [3.8, 4) is 17.1 Å². The molecule has 3 amide bonds. The van der Waals surface area contributed by atoms with Gasteiger partial charge >= 0.3 is 6.03 Å². The van der Waals surface area contributed by atoms with Crippen LogP contribution in [0.4, 0.5) is 10.5 Å².